The predicted octanol–water partition coefficient (Wildman–Crippen LogP) is 7.14. The highest BCUT2D eigenvalue weighted by molar-refractivity contribution is 5.91. The standard InChI is InChI=1S/C34H38F4N6O3.2ClH/c1-21(32(45)46)43-11-13-44(14-12-43)26-7-5-22(6-8-26)30-40-29-28(42(2)19-33(20-47-3)9-4-10-33)18-27(39-31(29)41-30)23-15-24(34(36,37)38)17-25(35)16-23;;/h5-8,15-18,21H,4,9-14,19-20H2,1-3H3,(H,45,46)(H,39,40,41);2*1H. The Labute approximate surface area is 294 Å². The number of H-pyrrole nitrogens is 1. The van der Waals surface area contributed by atoms with Gasteiger partial charge in [0.25, 0.3) is 0 Å². The van der Waals surface area contributed by atoms with Crippen LogP contribution < -0.4 is 9.80 Å². The zero-order valence-electron chi connectivity index (χ0n) is 27.4. The number of aromatic amines is 1. The van der Waals surface area contributed by atoms with Gasteiger partial charge in [-0.1, -0.05) is 6.42 Å². The van der Waals surface area contributed by atoms with Gasteiger partial charge in [-0.3, -0.25) is 9.69 Å². The molecule has 2 aromatic heterocycles. The van der Waals surface area contributed by atoms with E-state index in [-0.39, 0.29) is 41.5 Å². The highest BCUT2D eigenvalue weighted by Gasteiger charge is 2.38. The number of hydrogen-bond donors (Lipinski definition) is 2. The first-order valence-electron chi connectivity index (χ1n) is 15.7. The van der Waals surface area contributed by atoms with Gasteiger partial charge >= 0.3 is 12.1 Å². The van der Waals surface area contributed by atoms with Crippen molar-refractivity contribution in [2.45, 2.75) is 38.4 Å². The third-order valence-corrected chi connectivity index (χ3v) is 9.54. The van der Waals surface area contributed by atoms with Crippen LogP contribution in [0.3, 0.4) is 0 Å². The number of alkyl halides is 3. The molecule has 2 aromatic carbocycles. The number of carboxylic acids is 1. The molecule has 3 heterocycles. The smallest absolute Gasteiger partial charge is 0.416 e. The molecular formula is C34H40Cl2F4N6O3. The van der Waals surface area contributed by atoms with Crippen molar-refractivity contribution in [2.75, 3.05) is 63.3 Å². The third-order valence-electron chi connectivity index (χ3n) is 9.54. The second-order valence-corrected chi connectivity index (χ2v) is 12.8. The van der Waals surface area contributed by atoms with E-state index < -0.39 is 29.6 Å². The molecule has 1 atom stereocenters. The van der Waals surface area contributed by atoms with Crippen LogP contribution in [0, 0.1) is 11.2 Å². The number of imidazole rings is 1. The maximum absolute atomic E-state index is 14.5. The molecule has 2 N–H and O–H groups in total. The van der Waals surface area contributed by atoms with Crippen LogP contribution in [0.1, 0.15) is 31.7 Å². The fourth-order valence-electron chi connectivity index (χ4n) is 6.73. The molecule has 4 aromatic rings. The lowest BCUT2D eigenvalue weighted by Gasteiger charge is -2.44. The summed E-state index contributed by atoms with van der Waals surface area (Å²) in [6.07, 6.45) is -1.62. The van der Waals surface area contributed by atoms with E-state index >= 15 is 0 Å². The first-order valence-corrected chi connectivity index (χ1v) is 15.7. The number of ether oxygens (including phenoxy) is 1. The number of pyridine rings is 1. The minimum Gasteiger partial charge on any atom is -0.480 e. The zero-order chi connectivity index (χ0) is 33.5. The number of methoxy groups -OCH3 is 1. The monoisotopic (exact) mass is 726 g/mol. The van der Waals surface area contributed by atoms with Crippen LogP contribution in [0.25, 0.3) is 33.8 Å². The summed E-state index contributed by atoms with van der Waals surface area (Å²) < 4.78 is 60.8. The number of nitrogens with zero attached hydrogens (tertiary/aromatic N) is 5. The second-order valence-electron chi connectivity index (χ2n) is 12.8. The van der Waals surface area contributed by atoms with Crippen LogP contribution in [-0.2, 0) is 15.7 Å². The van der Waals surface area contributed by atoms with Gasteiger partial charge in [-0.25, -0.2) is 14.4 Å². The van der Waals surface area contributed by atoms with Crippen LogP contribution in [0.4, 0.5) is 28.9 Å². The fourth-order valence-corrected chi connectivity index (χ4v) is 6.73. The largest absolute Gasteiger partial charge is 0.480 e. The van der Waals surface area contributed by atoms with Gasteiger partial charge in [-0.15, -0.1) is 24.8 Å². The molecule has 9 nitrogen and oxygen atoms in total. The van der Waals surface area contributed by atoms with Gasteiger partial charge in [0.1, 0.15) is 23.2 Å². The van der Waals surface area contributed by atoms with Crippen LogP contribution in [0.5, 0.6) is 0 Å². The Morgan fingerprint density at radius 2 is 1.71 bits per heavy atom. The summed E-state index contributed by atoms with van der Waals surface area (Å²) in [5, 5.41) is 9.33. The average molecular weight is 728 g/mol. The van der Waals surface area contributed by atoms with Crippen LogP contribution in [0.15, 0.2) is 48.5 Å². The van der Waals surface area contributed by atoms with Crippen molar-refractivity contribution in [3.63, 3.8) is 0 Å². The number of nitrogens with one attached hydrogen (secondary N) is 1. The Morgan fingerprint density at radius 1 is 1.04 bits per heavy atom. The van der Waals surface area contributed by atoms with Crippen molar-refractivity contribution in [1.82, 2.24) is 19.9 Å². The molecule has 1 unspecified atom stereocenters. The Balaban J connectivity index is 0.00000270. The number of piperazine rings is 1. The van der Waals surface area contributed by atoms with Gasteiger partial charge in [0.15, 0.2) is 5.65 Å². The number of aliphatic carboxylic acids is 1. The fraction of sp³-hybridized carbons (Fsp3) is 0.441. The Bertz CT molecular complexity index is 1760. The van der Waals surface area contributed by atoms with E-state index in [4.69, 9.17) is 9.72 Å². The highest BCUT2D eigenvalue weighted by Crippen LogP contribution is 2.43. The van der Waals surface area contributed by atoms with E-state index in [0.29, 0.717) is 68.1 Å². The third kappa shape index (κ3) is 8.06. The average Bonchev–Trinajstić information content (AvgIpc) is 3.46. The minimum absolute atomic E-state index is 0. The molecule has 1 aliphatic heterocycles. The van der Waals surface area contributed by atoms with E-state index in [1.165, 1.54) is 0 Å². The van der Waals surface area contributed by atoms with Crippen molar-refractivity contribution in [2.24, 2.45) is 5.41 Å². The van der Waals surface area contributed by atoms with Gasteiger partial charge in [0.05, 0.1) is 23.6 Å². The van der Waals surface area contributed by atoms with E-state index in [2.05, 4.69) is 14.9 Å². The van der Waals surface area contributed by atoms with Crippen LogP contribution in [-0.4, -0.2) is 90.5 Å². The molecule has 6 rings (SSSR count). The van der Waals surface area contributed by atoms with Crippen LogP contribution >= 0.6 is 24.8 Å². The summed E-state index contributed by atoms with van der Waals surface area (Å²) >= 11 is 0. The molecule has 0 radical (unpaired) electrons. The number of anilines is 2. The number of hydrogen-bond acceptors (Lipinski definition) is 7. The van der Waals surface area contributed by atoms with E-state index in [1.54, 1.807) is 20.1 Å². The number of carbonyl (C=O) groups is 1. The topological polar surface area (TPSA) is 97.8 Å². The quantitative estimate of drug-likeness (QED) is 0.167. The van der Waals surface area contributed by atoms with Crippen molar-refractivity contribution in [3.05, 3.63) is 59.9 Å². The molecule has 1 aliphatic carbocycles. The van der Waals surface area contributed by atoms with Crippen molar-refractivity contribution < 1.29 is 32.2 Å². The van der Waals surface area contributed by atoms with E-state index in [1.807, 2.05) is 41.1 Å². The predicted molar refractivity (Wildman–Crippen MR) is 187 cm³/mol. The molecule has 266 valence electrons. The normalized spacial score (nSPS) is 16.8. The molecule has 2 fully saturated rings. The summed E-state index contributed by atoms with van der Waals surface area (Å²) in [7, 11) is 3.60. The second kappa shape index (κ2) is 15.1. The van der Waals surface area contributed by atoms with Gasteiger partial charge in [-0.2, -0.15) is 13.2 Å². The van der Waals surface area contributed by atoms with E-state index in [0.717, 1.165) is 42.6 Å². The van der Waals surface area contributed by atoms with Crippen molar-refractivity contribution in [3.8, 4) is 22.6 Å². The Kier molecular flexibility index (Phi) is 11.7. The van der Waals surface area contributed by atoms with Gasteiger partial charge in [0, 0.05) is 69.1 Å². The molecule has 1 saturated heterocycles. The summed E-state index contributed by atoms with van der Waals surface area (Å²) in [6, 6.07) is 11.5. The molecule has 15 heteroatoms. The zero-order valence-corrected chi connectivity index (χ0v) is 29.0. The number of benzene rings is 2. The number of fused-ring (bicyclic) bond motifs is 1. The van der Waals surface area contributed by atoms with Crippen molar-refractivity contribution in [1.29, 1.82) is 0 Å². The first-order chi connectivity index (χ1) is 22.4. The lowest BCUT2D eigenvalue weighted by molar-refractivity contribution is -0.142. The summed E-state index contributed by atoms with van der Waals surface area (Å²) in [4.78, 5) is 30.3. The minimum atomic E-state index is -4.71. The summed E-state index contributed by atoms with van der Waals surface area (Å²) in [5.41, 5.74) is 2.48. The number of halogens is 6. The molecule has 49 heavy (non-hydrogen) atoms. The molecule has 2 aliphatic rings. The van der Waals surface area contributed by atoms with E-state index in [9.17, 15) is 27.5 Å². The van der Waals surface area contributed by atoms with Gasteiger partial charge in [-0.05, 0) is 68.3 Å². The molecule has 0 amide bonds. The first kappa shape index (κ1) is 38.2. The van der Waals surface area contributed by atoms with Crippen molar-refractivity contribution >= 4 is 53.3 Å². The SMILES string of the molecule is COCC1(CN(C)c2cc(-c3cc(F)cc(C(F)(F)F)c3)nc3nc(-c4ccc(N5CCN(C(C)C(=O)O)CC5)cc4)[nH]c23)CCC1.Cl.Cl. The lowest BCUT2D eigenvalue weighted by Crippen LogP contribution is -2.51. The van der Waals surface area contributed by atoms with Gasteiger partial charge in [0.2, 0.25) is 0 Å². The maximum atomic E-state index is 14.5. The summed E-state index contributed by atoms with van der Waals surface area (Å²) in [6.45, 7) is 5.62. The molecule has 0 spiro atoms. The number of aromatic nitrogens is 3. The lowest BCUT2D eigenvalue weighted by atomic mass is 9.69. The molecular weight excluding hydrogens is 687 g/mol. The van der Waals surface area contributed by atoms with Gasteiger partial charge < -0.3 is 24.6 Å². The van der Waals surface area contributed by atoms with Crippen LogP contribution in [0.2, 0.25) is 0 Å². The summed E-state index contributed by atoms with van der Waals surface area (Å²) in [5.74, 6) is -1.29. The molecule has 1 saturated carbocycles. The Hall–Kier alpha value is -3.65. The molecule has 0 bridgehead atoms. The number of rotatable bonds is 10. The Morgan fingerprint density at radius 3 is 2.29 bits per heavy atom. The number of carboxylic acid groups (broad SMARTS) is 1. The maximum Gasteiger partial charge on any atom is 0.416 e. The highest BCUT2D eigenvalue weighted by atomic mass is 35.5.